The number of H-pyrrole nitrogens is 1. The molecule has 0 saturated carbocycles. The third kappa shape index (κ3) is 3.31. The van der Waals surface area contributed by atoms with Crippen molar-refractivity contribution < 1.29 is 4.74 Å². The number of fused-ring (bicyclic) bond motifs is 10. The summed E-state index contributed by atoms with van der Waals surface area (Å²) in [4.78, 5) is 13.8. The van der Waals surface area contributed by atoms with Gasteiger partial charge in [-0.15, -0.1) is 0 Å². The van der Waals surface area contributed by atoms with E-state index in [0.717, 1.165) is 72.5 Å². The lowest BCUT2D eigenvalue weighted by Crippen LogP contribution is -1.93. The summed E-state index contributed by atoms with van der Waals surface area (Å²) in [5.41, 5.74) is 10.1. The number of nitrogens with one attached hydrogen (secondary N) is 1. The van der Waals surface area contributed by atoms with Crippen LogP contribution in [0, 0.1) is 0 Å². The second-order valence-electron chi connectivity index (χ2n) is 9.56. The van der Waals surface area contributed by atoms with Crippen LogP contribution < -0.4 is 4.74 Å². The van der Waals surface area contributed by atoms with Gasteiger partial charge in [0.25, 0.3) is 0 Å². The zero-order chi connectivity index (χ0) is 25.1. The first-order valence-electron chi connectivity index (χ1n) is 12.7. The Kier molecular flexibility index (Phi) is 4.49. The molecule has 8 bridgehead atoms. The number of para-hydroxylation sites is 2. The SMILES string of the molecule is c1ccc(-c2cc3nc(c2)-c2cccc4c2[nH]c2c(cccc24)-c2cccc(n2)Oc2cccc-3c2)cc1. The lowest BCUT2D eigenvalue weighted by Gasteiger charge is -2.12. The minimum atomic E-state index is 0.551. The van der Waals surface area contributed by atoms with Crippen molar-refractivity contribution >= 4 is 21.8 Å². The molecule has 4 aromatic carbocycles. The van der Waals surface area contributed by atoms with Crippen LogP contribution in [0.1, 0.15) is 0 Å². The lowest BCUT2D eigenvalue weighted by atomic mass is 9.98. The molecule has 0 saturated heterocycles. The Bertz CT molecular complexity index is 2010. The molecule has 0 spiro atoms. The second kappa shape index (κ2) is 8.15. The Morgan fingerprint density at radius 2 is 1.16 bits per heavy atom. The number of hydrogen-bond donors (Lipinski definition) is 1. The van der Waals surface area contributed by atoms with Gasteiger partial charge < -0.3 is 9.72 Å². The number of hydrogen-bond acceptors (Lipinski definition) is 3. The van der Waals surface area contributed by atoms with Crippen LogP contribution in [0.15, 0.2) is 121 Å². The van der Waals surface area contributed by atoms with Gasteiger partial charge in [-0.1, -0.05) is 84.9 Å². The highest BCUT2D eigenvalue weighted by Gasteiger charge is 2.17. The van der Waals surface area contributed by atoms with Crippen LogP contribution in [-0.4, -0.2) is 15.0 Å². The topological polar surface area (TPSA) is 50.8 Å². The molecular formula is C34H21N3O. The van der Waals surface area contributed by atoms with E-state index in [4.69, 9.17) is 14.7 Å². The number of benzene rings is 4. The molecule has 0 aliphatic carbocycles. The third-order valence-electron chi connectivity index (χ3n) is 7.23. The van der Waals surface area contributed by atoms with E-state index in [1.54, 1.807) is 0 Å². The Morgan fingerprint density at radius 3 is 1.97 bits per heavy atom. The first-order valence-corrected chi connectivity index (χ1v) is 12.7. The number of rotatable bonds is 1. The standard InChI is InChI=1S/C34H21N3O/c1-2-8-21(9-3-1)23-19-30-22-10-4-11-24(18-22)38-32-17-7-16-29(36-32)27-14-5-12-25-26-13-6-15-28(31(20-23)35-30)34(26)37-33(25)27/h1-20,37H. The van der Waals surface area contributed by atoms with Crippen LogP contribution >= 0.6 is 0 Å². The summed E-state index contributed by atoms with van der Waals surface area (Å²) in [6, 6.07) is 41.6. The molecule has 0 unspecified atom stereocenters. The molecule has 0 atom stereocenters. The minimum Gasteiger partial charge on any atom is -0.439 e. The Balaban J connectivity index is 1.50. The Labute approximate surface area is 219 Å². The molecule has 178 valence electrons. The van der Waals surface area contributed by atoms with E-state index in [9.17, 15) is 0 Å². The summed E-state index contributed by atoms with van der Waals surface area (Å²) in [5.74, 6) is 1.27. The molecule has 8 rings (SSSR count). The van der Waals surface area contributed by atoms with Crippen molar-refractivity contribution in [1.29, 1.82) is 0 Å². The summed E-state index contributed by atoms with van der Waals surface area (Å²) in [6.07, 6.45) is 0. The van der Waals surface area contributed by atoms with Gasteiger partial charge in [0, 0.05) is 33.5 Å². The Hall–Kier alpha value is -5.22. The van der Waals surface area contributed by atoms with Crippen LogP contribution in [0.5, 0.6) is 11.6 Å². The van der Waals surface area contributed by atoms with Crippen LogP contribution in [0.25, 0.3) is 66.7 Å². The highest BCUT2D eigenvalue weighted by Crippen LogP contribution is 2.39. The maximum Gasteiger partial charge on any atom is 0.219 e. The van der Waals surface area contributed by atoms with E-state index < -0.39 is 0 Å². The average molecular weight is 488 g/mol. The lowest BCUT2D eigenvalue weighted by molar-refractivity contribution is 0.464. The van der Waals surface area contributed by atoms with E-state index in [1.165, 1.54) is 0 Å². The van der Waals surface area contributed by atoms with Crippen molar-refractivity contribution in [1.82, 2.24) is 15.0 Å². The maximum atomic E-state index is 6.26. The van der Waals surface area contributed by atoms with Crippen molar-refractivity contribution in [2.75, 3.05) is 0 Å². The highest BCUT2D eigenvalue weighted by atomic mass is 16.5. The van der Waals surface area contributed by atoms with E-state index in [0.29, 0.717) is 5.88 Å². The molecule has 4 heteroatoms. The molecule has 0 radical (unpaired) electrons. The number of aromatic amines is 1. The third-order valence-corrected chi connectivity index (χ3v) is 7.23. The van der Waals surface area contributed by atoms with E-state index >= 15 is 0 Å². The summed E-state index contributed by atoms with van der Waals surface area (Å²) >= 11 is 0. The molecule has 0 fully saturated rings. The summed E-state index contributed by atoms with van der Waals surface area (Å²) < 4.78 is 6.26. The maximum absolute atomic E-state index is 6.26. The van der Waals surface area contributed by atoms with Crippen molar-refractivity contribution in [3.8, 4) is 56.5 Å². The fourth-order valence-corrected chi connectivity index (χ4v) is 5.45. The number of pyridine rings is 2. The summed E-state index contributed by atoms with van der Waals surface area (Å²) in [6.45, 7) is 0. The molecule has 1 aliphatic rings. The van der Waals surface area contributed by atoms with Gasteiger partial charge in [0.1, 0.15) is 5.75 Å². The molecule has 38 heavy (non-hydrogen) atoms. The van der Waals surface area contributed by atoms with Crippen molar-refractivity contribution in [2.24, 2.45) is 0 Å². The van der Waals surface area contributed by atoms with Gasteiger partial charge in [0.05, 0.1) is 28.1 Å². The van der Waals surface area contributed by atoms with Crippen molar-refractivity contribution in [3.05, 3.63) is 121 Å². The minimum absolute atomic E-state index is 0.551. The van der Waals surface area contributed by atoms with Crippen LogP contribution in [0.4, 0.5) is 0 Å². The van der Waals surface area contributed by atoms with Gasteiger partial charge in [-0.2, -0.15) is 0 Å². The highest BCUT2D eigenvalue weighted by molar-refractivity contribution is 6.15. The van der Waals surface area contributed by atoms with Gasteiger partial charge in [0.2, 0.25) is 5.88 Å². The number of ether oxygens (including phenoxy) is 1. The molecule has 4 nitrogen and oxygen atoms in total. The fourth-order valence-electron chi connectivity index (χ4n) is 5.45. The van der Waals surface area contributed by atoms with Gasteiger partial charge in [-0.25, -0.2) is 9.97 Å². The predicted octanol–water partition coefficient (Wildman–Crippen LogP) is 8.88. The van der Waals surface area contributed by atoms with Crippen LogP contribution in [-0.2, 0) is 0 Å². The molecule has 4 heterocycles. The Morgan fingerprint density at radius 1 is 0.474 bits per heavy atom. The predicted molar refractivity (Wildman–Crippen MR) is 153 cm³/mol. The monoisotopic (exact) mass is 487 g/mol. The van der Waals surface area contributed by atoms with Gasteiger partial charge >= 0.3 is 0 Å². The second-order valence-corrected chi connectivity index (χ2v) is 9.56. The largest absolute Gasteiger partial charge is 0.439 e. The normalized spacial score (nSPS) is 11.9. The van der Waals surface area contributed by atoms with Gasteiger partial charge in [0.15, 0.2) is 0 Å². The van der Waals surface area contributed by atoms with Crippen LogP contribution in [0.2, 0.25) is 0 Å². The molecule has 1 N–H and O–H groups in total. The fraction of sp³-hybridized carbons (Fsp3) is 0. The van der Waals surface area contributed by atoms with E-state index in [-0.39, 0.29) is 0 Å². The van der Waals surface area contributed by atoms with E-state index in [2.05, 4.69) is 83.8 Å². The van der Waals surface area contributed by atoms with Gasteiger partial charge in [-0.05, 0) is 41.5 Å². The first kappa shape index (κ1) is 20.9. The number of nitrogens with zero attached hydrogens (tertiary/aromatic N) is 2. The molecule has 7 aromatic rings. The van der Waals surface area contributed by atoms with Crippen molar-refractivity contribution in [3.63, 3.8) is 0 Å². The average Bonchev–Trinajstić information content (AvgIpc) is 3.36. The summed E-state index contributed by atoms with van der Waals surface area (Å²) in [5, 5.41) is 2.32. The molecule has 0 amide bonds. The van der Waals surface area contributed by atoms with Crippen LogP contribution in [0.3, 0.4) is 0 Å². The molecule has 1 aliphatic heterocycles. The zero-order valence-corrected chi connectivity index (χ0v) is 20.3. The molecule has 3 aromatic heterocycles. The zero-order valence-electron chi connectivity index (χ0n) is 20.3. The smallest absolute Gasteiger partial charge is 0.219 e. The number of aromatic nitrogens is 3. The van der Waals surface area contributed by atoms with Crippen molar-refractivity contribution in [2.45, 2.75) is 0 Å². The first-order chi connectivity index (χ1) is 18.8. The summed E-state index contributed by atoms with van der Waals surface area (Å²) in [7, 11) is 0. The van der Waals surface area contributed by atoms with Gasteiger partial charge in [-0.3, -0.25) is 0 Å². The quantitative estimate of drug-likeness (QED) is 0.251. The molecular weight excluding hydrogens is 466 g/mol. The van der Waals surface area contributed by atoms with E-state index in [1.807, 2.05) is 42.5 Å².